The number of alkyl halides is 3. The molecular weight excluding hydrogens is 419 g/mol. The molecule has 6 nitrogen and oxygen atoms in total. The van der Waals surface area contributed by atoms with Crippen LogP contribution >= 0.6 is 0 Å². The van der Waals surface area contributed by atoms with Crippen molar-refractivity contribution in [2.24, 2.45) is 0 Å². The molecule has 1 aromatic heterocycles. The molecule has 0 spiro atoms. The molecule has 0 bridgehead atoms. The highest BCUT2D eigenvalue weighted by Crippen LogP contribution is 2.32. The Morgan fingerprint density at radius 1 is 1.09 bits per heavy atom. The molecule has 2 heterocycles. The second-order valence-corrected chi connectivity index (χ2v) is 7.79. The van der Waals surface area contributed by atoms with Crippen LogP contribution in [-0.2, 0) is 12.7 Å². The van der Waals surface area contributed by atoms with Gasteiger partial charge in [-0.25, -0.2) is 0 Å². The monoisotopic (exact) mass is 441 g/mol. The van der Waals surface area contributed by atoms with Crippen molar-refractivity contribution in [1.29, 1.82) is 5.26 Å². The van der Waals surface area contributed by atoms with Crippen LogP contribution in [0.15, 0.2) is 53.1 Å². The lowest BCUT2D eigenvalue weighted by molar-refractivity contribution is -0.137. The van der Waals surface area contributed by atoms with Crippen molar-refractivity contribution in [2.45, 2.75) is 25.7 Å². The Kier molecular flexibility index (Phi) is 6.26. The van der Waals surface area contributed by atoms with Gasteiger partial charge in [-0.15, -0.1) is 0 Å². The van der Waals surface area contributed by atoms with E-state index in [1.54, 1.807) is 0 Å². The first-order valence-corrected chi connectivity index (χ1v) is 10.3. The van der Waals surface area contributed by atoms with E-state index >= 15 is 0 Å². The summed E-state index contributed by atoms with van der Waals surface area (Å²) in [6.45, 7) is 5.85. The van der Waals surface area contributed by atoms with Gasteiger partial charge in [0.15, 0.2) is 0 Å². The second-order valence-electron chi connectivity index (χ2n) is 7.79. The summed E-state index contributed by atoms with van der Waals surface area (Å²) >= 11 is 0. The van der Waals surface area contributed by atoms with E-state index in [1.807, 2.05) is 31.2 Å². The first-order valence-electron chi connectivity index (χ1n) is 10.3. The topological polar surface area (TPSA) is 69.2 Å². The maximum absolute atomic E-state index is 13.0. The highest BCUT2D eigenvalue weighted by Gasteiger charge is 2.31. The van der Waals surface area contributed by atoms with Crippen molar-refractivity contribution in [3.8, 4) is 17.5 Å². The lowest BCUT2D eigenvalue weighted by Gasteiger charge is -2.36. The van der Waals surface area contributed by atoms with E-state index in [0.717, 1.165) is 43.9 Å². The number of halogens is 3. The summed E-state index contributed by atoms with van der Waals surface area (Å²) in [5, 5.41) is 13.2. The fraction of sp³-hybridized carbons (Fsp3) is 0.348. The molecule has 1 unspecified atom stereocenters. The Labute approximate surface area is 183 Å². The van der Waals surface area contributed by atoms with Crippen LogP contribution in [0.1, 0.15) is 35.5 Å². The summed E-state index contributed by atoms with van der Waals surface area (Å²) in [6.07, 6.45) is -4.43. The van der Waals surface area contributed by atoms with Crippen molar-refractivity contribution >= 4 is 0 Å². The van der Waals surface area contributed by atoms with Gasteiger partial charge in [0.05, 0.1) is 23.2 Å². The van der Waals surface area contributed by atoms with Gasteiger partial charge < -0.3 is 4.52 Å². The van der Waals surface area contributed by atoms with Gasteiger partial charge in [-0.2, -0.15) is 23.4 Å². The number of nitrogens with zero attached hydrogens (tertiary/aromatic N) is 5. The van der Waals surface area contributed by atoms with Crippen molar-refractivity contribution in [3.63, 3.8) is 0 Å². The second kappa shape index (κ2) is 9.10. The lowest BCUT2D eigenvalue weighted by atomic mass is 10.1. The van der Waals surface area contributed by atoms with Gasteiger partial charge in [0, 0.05) is 38.3 Å². The average molecular weight is 441 g/mol. The van der Waals surface area contributed by atoms with E-state index < -0.39 is 11.7 Å². The molecule has 2 aromatic carbocycles. The molecule has 32 heavy (non-hydrogen) atoms. The van der Waals surface area contributed by atoms with Crippen molar-refractivity contribution in [1.82, 2.24) is 19.9 Å². The van der Waals surface area contributed by atoms with Crippen LogP contribution in [0.2, 0.25) is 0 Å². The Hall–Kier alpha value is -3.22. The quantitative estimate of drug-likeness (QED) is 0.581. The summed E-state index contributed by atoms with van der Waals surface area (Å²) in [7, 11) is 0. The molecule has 1 aliphatic heterocycles. The first-order chi connectivity index (χ1) is 15.3. The van der Waals surface area contributed by atoms with Crippen LogP contribution < -0.4 is 0 Å². The fourth-order valence-electron chi connectivity index (χ4n) is 3.83. The van der Waals surface area contributed by atoms with Crippen LogP contribution in [0.25, 0.3) is 11.4 Å². The standard InChI is InChI=1S/C23H22F3N5O/c1-16(22-28-21(29-32-22)17-7-4-8-20(13-17)23(24,25)26)31-11-9-30(10-12-31)15-19-6-3-2-5-18(19)14-27/h2-8,13,16H,9-12,15H2,1H3. The molecule has 4 rings (SSSR count). The number of hydrogen-bond acceptors (Lipinski definition) is 6. The molecule has 3 aromatic rings. The summed E-state index contributed by atoms with van der Waals surface area (Å²) < 4.78 is 44.3. The summed E-state index contributed by atoms with van der Waals surface area (Å²) in [4.78, 5) is 8.85. The van der Waals surface area contributed by atoms with Crippen LogP contribution in [0.3, 0.4) is 0 Å². The highest BCUT2D eigenvalue weighted by atomic mass is 19.4. The van der Waals surface area contributed by atoms with E-state index in [4.69, 9.17) is 4.52 Å². The Bertz CT molecular complexity index is 1110. The molecule has 1 fully saturated rings. The lowest BCUT2D eigenvalue weighted by Crippen LogP contribution is -2.46. The number of nitriles is 1. The van der Waals surface area contributed by atoms with Crippen LogP contribution in [0.4, 0.5) is 13.2 Å². The first kappa shape index (κ1) is 22.0. The maximum Gasteiger partial charge on any atom is 0.416 e. The van der Waals surface area contributed by atoms with Gasteiger partial charge in [-0.3, -0.25) is 9.80 Å². The van der Waals surface area contributed by atoms with E-state index in [-0.39, 0.29) is 17.4 Å². The molecule has 0 saturated carbocycles. The maximum atomic E-state index is 13.0. The highest BCUT2D eigenvalue weighted by molar-refractivity contribution is 5.55. The third-order valence-corrected chi connectivity index (χ3v) is 5.73. The Balaban J connectivity index is 1.39. The minimum atomic E-state index is -4.43. The zero-order valence-corrected chi connectivity index (χ0v) is 17.5. The van der Waals surface area contributed by atoms with Crippen LogP contribution in [0.5, 0.6) is 0 Å². The molecule has 166 valence electrons. The molecule has 1 atom stereocenters. The van der Waals surface area contributed by atoms with Gasteiger partial charge in [0.1, 0.15) is 0 Å². The Morgan fingerprint density at radius 2 is 1.84 bits per heavy atom. The summed E-state index contributed by atoms with van der Waals surface area (Å²) in [5.41, 5.74) is 1.22. The molecule has 0 radical (unpaired) electrons. The number of piperazine rings is 1. The van der Waals surface area contributed by atoms with Crippen LogP contribution in [-0.4, -0.2) is 46.1 Å². The number of aromatic nitrogens is 2. The predicted molar refractivity (Wildman–Crippen MR) is 111 cm³/mol. The predicted octanol–water partition coefficient (Wildman–Crippen LogP) is 4.51. The van der Waals surface area contributed by atoms with E-state index in [2.05, 4.69) is 26.0 Å². The third-order valence-electron chi connectivity index (χ3n) is 5.73. The van der Waals surface area contributed by atoms with Gasteiger partial charge in [-0.05, 0) is 30.7 Å². The van der Waals surface area contributed by atoms with Crippen molar-refractivity contribution in [3.05, 3.63) is 71.1 Å². The summed E-state index contributed by atoms with van der Waals surface area (Å²) in [6, 6.07) is 14.6. The molecule has 9 heteroatoms. The molecule has 0 N–H and O–H groups in total. The molecular formula is C23H22F3N5O. The molecule has 0 amide bonds. The fourth-order valence-corrected chi connectivity index (χ4v) is 3.83. The number of hydrogen-bond donors (Lipinski definition) is 0. The van der Waals surface area contributed by atoms with E-state index in [0.29, 0.717) is 18.0 Å². The zero-order chi connectivity index (χ0) is 22.7. The van der Waals surface area contributed by atoms with Crippen molar-refractivity contribution < 1.29 is 17.7 Å². The SMILES string of the molecule is CC(c1nc(-c2cccc(C(F)(F)F)c2)no1)N1CCN(Cc2ccccc2C#N)CC1. The smallest absolute Gasteiger partial charge is 0.337 e. The third kappa shape index (κ3) is 4.82. The molecule has 1 saturated heterocycles. The normalized spacial score (nSPS) is 16.6. The number of rotatable bonds is 5. The molecule has 1 aliphatic rings. The zero-order valence-electron chi connectivity index (χ0n) is 17.5. The number of benzene rings is 2. The van der Waals surface area contributed by atoms with Gasteiger partial charge in [0.2, 0.25) is 11.7 Å². The average Bonchev–Trinajstić information content (AvgIpc) is 3.29. The molecule has 0 aliphatic carbocycles. The Morgan fingerprint density at radius 3 is 2.56 bits per heavy atom. The minimum absolute atomic E-state index is 0.143. The summed E-state index contributed by atoms with van der Waals surface area (Å²) in [5.74, 6) is 0.519. The van der Waals surface area contributed by atoms with Crippen LogP contribution in [0, 0.1) is 11.3 Å². The minimum Gasteiger partial charge on any atom is -0.337 e. The van der Waals surface area contributed by atoms with E-state index in [1.165, 1.54) is 12.1 Å². The van der Waals surface area contributed by atoms with Gasteiger partial charge in [0.25, 0.3) is 0 Å². The largest absolute Gasteiger partial charge is 0.416 e. The van der Waals surface area contributed by atoms with E-state index in [9.17, 15) is 18.4 Å². The van der Waals surface area contributed by atoms with Gasteiger partial charge >= 0.3 is 6.18 Å². The van der Waals surface area contributed by atoms with Crippen molar-refractivity contribution in [2.75, 3.05) is 26.2 Å². The van der Waals surface area contributed by atoms with Gasteiger partial charge in [-0.1, -0.05) is 35.5 Å².